The number of hydrogen-bond donors (Lipinski definition) is 1. The van der Waals surface area contributed by atoms with Crippen LogP contribution in [0, 0.1) is 13.8 Å². The topological polar surface area (TPSA) is 111 Å². The lowest BCUT2D eigenvalue weighted by atomic mass is 10.1. The number of thiophene rings is 1. The number of oxazole rings is 1. The highest BCUT2D eigenvalue weighted by Gasteiger charge is 2.18. The number of esters is 1. The molecule has 0 aromatic carbocycles. The minimum absolute atomic E-state index is 0.115. The molecule has 4 rings (SSSR count). The molecule has 10 heteroatoms. The number of thioether (sulfide) groups is 1. The van der Waals surface area contributed by atoms with Crippen LogP contribution in [0.4, 0.5) is 0 Å². The van der Waals surface area contributed by atoms with Gasteiger partial charge in [-0.1, -0.05) is 17.8 Å². The quantitative estimate of drug-likeness (QED) is 0.291. The highest BCUT2D eigenvalue weighted by Crippen LogP contribution is 2.28. The number of nitrogens with zero attached hydrogens (tertiary/aromatic N) is 3. The molecule has 0 aliphatic carbocycles. The fraction of sp³-hybridized carbons (Fsp3) is 0.211. The summed E-state index contributed by atoms with van der Waals surface area (Å²) >= 11 is 2.86. The summed E-state index contributed by atoms with van der Waals surface area (Å²) in [6.45, 7) is 3.58. The maximum absolute atomic E-state index is 12.6. The smallest absolute Gasteiger partial charge is 0.338 e. The van der Waals surface area contributed by atoms with Crippen molar-refractivity contribution in [2.24, 2.45) is 0 Å². The first-order valence-electron chi connectivity index (χ1n) is 8.59. The standard InChI is InChI=1S/C19H16N4O4S2/c1-9-7-11(18(25)26-3)14-15(20-9)22-19(23-16(14)24)29-8-12-10(2)27-17(21-12)13-5-4-6-28-13/h4-7H,8H2,1-3H3,(H,20,22,23,24). The first kappa shape index (κ1) is 19.3. The molecule has 0 saturated heterocycles. The summed E-state index contributed by atoms with van der Waals surface area (Å²) in [6, 6.07) is 5.40. The second-order valence-electron chi connectivity index (χ2n) is 6.16. The summed E-state index contributed by atoms with van der Waals surface area (Å²) in [5.41, 5.74) is 1.25. The normalized spacial score (nSPS) is 11.1. The molecule has 0 saturated carbocycles. The Morgan fingerprint density at radius 1 is 1.31 bits per heavy atom. The van der Waals surface area contributed by atoms with E-state index in [2.05, 4.69) is 19.9 Å². The van der Waals surface area contributed by atoms with Gasteiger partial charge in [0.25, 0.3) is 5.56 Å². The molecule has 0 unspecified atom stereocenters. The van der Waals surface area contributed by atoms with Crippen LogP contribution in [0.3, 0.4) is 0 Å². The zero-order valence-electron chi connectivity index (χ0n) is 15.8. The predicted octanol–water partition coefficient (Wildman–Crippen LogP) is 3.73. The van der Waals surface area contributed by atoms with Crippen LogP contribution < -0.4 is 5.56 Å². The Morgan fingerprint density at radius 3 is 2.86 bits per heavy atom. The van der Waals surface area contributed by atoms with Crippen LogP contribution in [-0.2, 0) is 10.5 Å². The molecule has 0 radical (unpaired) electrons. The van der Waals surface area contributed by atoms with E-state index in [1.807, 2.05) is 24.4 Å². The second-order valence-corrected chi connectivity index (χ2v) is 8.07. The van der Waals surface area contributed by atoms with E-state index in [4.69, 9.17) is 9.15 Å². The van der Waals surface area contributed by atoms with E-state index in [-0.39, 0.29) is 16.6 Å². The Hall–Kier alpha value is -2.98. The largest absolute Gasteiger partial charge is 0.465 e. The maximum Gasteiger partial charge on any atom is 0.338 e. The van der Waals surface area contributed by atoms with Gasteiger partial charge in [0.15, 0.2) is 10.8 Å². The summed E-state index contributed by atoms with van der Waals surface area (Å²) in [4.78, 5) is 41.5. The lowest BCUT2D eigenvalue weighted by Gasteiger charge is -2.06. The van der Waals surface area contributed by atoms with Gasteiger partial charge in [-0.2, -0.15) is 0 Å². The Balaban J connectivity index is 1.64. The summed E-state index contributed by atoms with van der Waals surface area (Å²) < 4.78 is 10.5. The molecule has 8 nitrogen and oxygen atoms in total. The number of carbonyl (C=O) groups excluding carboxylic acids is 1. The van der Waals surface area contributed by atoms with Crippen LogP contribution >= 0.6 is 23.1 Å². The van der Waals surface area contributed by atoms with Crippen LogP contribution in [0.25, 0.3) is 21.8 Å². The summed E-state index contributed by atoms with van der Waals surface area (Å²) in [5, 5.41) is 2.46. The van der Waals surface area contributed by atoms with Gasteiger partial charge in [-0.15, -0.1) is 11.3 Å². The van der Waals surface area contributed by atoms with Gasteiger partial charge in [0.1, 0.15) is 5.76 Å². The Bertz CT molecular complexity index is 1260. The van der Waals surface area contributed by atoms with Gasteiger partial charge in [-0.3, -0.25) is 4.79 Å². The molecular weight excluding hydrogens is 412 g/mol. The van der Waals surface area contributed by atoms with E-state index < -0.39 is 11.5 Å². The number of hydrogen-bond acceptors (Lipinski definition) is 9. The van der Waals surface area contributed by atoms with Gasteiger partial charge in [0.2, 0.25) is 5.89 Å². The van der Waals surface area contributed by atoms with Crippen molar-refractivity contribution in [2.45, 2.75) is 24.8 Å². The van der Waals surface area contributed by atoms with Crippen LogP contribution in [0.1, 0.15) is 27.5 Å². The van der Waals surface area contributed by atoms with E-state index in [1.165, 1.54) is 24.9 Å². The number of fused-ring (bicyclic) bond motifs is 1. The maximum atomic E-state index is 12.6. The third kappa shape index (κ3) is 3.81. The van der Waals surface area contributed by atoms with Crippen LogP contribution in [0.2, 0.25) is 0 Å². The highest BCUT2D eigenvalue weighted by molar-refractivity contribution is 7.98. The molecule has 0 fully saturated rings. The first-order chi connectivity index (χ1) is 14.0. The molecule has 29 heavy (non-hydrogen) atoms. The third-order valence-electron chi connectivity index (χ3n) is 4.16. The second kappa shape index (κ2) is 7.80. The molecule has 0 spiro atoms. The molecule has 0 amide bonds. The molecule has 0 bridgehead atoms. The molecule has 0 atom stereocenters. The minimum Gasteiger partial charge on any atom is -0.465 e. The first-order valence-corrected chi connectivity index (χ1v) is 10.5. The number of H-pyrrole nitrogens is 1. The summed E-state index contributed by atoms with van der Waals surface area (Å²) in [7, 11) is 1.26. The van der Waals surface area contributed by atoms with E-state index in [0.29, 0.717) is 28.3 Å². The number of ether oxygens (including phenoxy) is 1. The third-order valence-corrected chi connectivity index (χ3v) is 5.90. The molecule has 148 valence electrons. The molecule has 0 aliphatic rings. The van der Waals surface area contributed by atoms with Gasteiger partial charge in [-0.05, 0) is 31.4 Å². The average molecular weight is 428 g/mol. The van der Waals surface area contributed by atoms with Gasteiger partial charge in [0.05, 0.1) is 28.6 Å². The molecule has 4 heterocycles. The molecule has 0 aliphatic heterocycles. The SMILES string of the molecule is COC(=O)c1cc(C)nc2nc(SCc3nc(-c4cccs4)oc3C)[nH]c(=O)c12. The monoisotopic (exact) mass is 428 g/mol. The molecular formula is C19H16N4O4S2. The van der Waals surface area contributed by atoms with E-state index in [0.717, 1.165) is 10.6 Å². The van der Waals surface area contributed by atoms with E-state index in [1.54, 1.807) is 18.3 Å². The lowest BCUT2D eigenvalue weighted by molar-refractivity contribution is 0.0602. The van der Waals surface area contributed by atoms with Crippen molar-refractivity contribution in [1.82, 2.24) is 19.9 Å². The van der Waals surface area contributed by atoms with E-state index in [9.17, 15) is 9.59 Å². The average Bonchev–Trinajstić information content (AvgIpc) is 3.34. The van der Waals surface area contributed by atoms with Crippen LogP contribution in [0.5, 0.6) is 0 Å². The minimum atomic E-state index is -0.604. The van der Waals surface area contributed by atoms with Crippen LogP contribution in [-0.4, -0.2) is 33.0 Å². The van der Waals surface area contributed by atoms with Gasteiger partial charge >= 0.3 is 5.97 Å². The number of pyridine rings is 1. The molecule has 4 aromatic rings. The fourth-order valence-corrected chi connectivity index (χ4v) is 4.29. The highest BCUT2D eigenvalue weighted by atomic mass is 32.2. The Kier molecular flexibility index (Phi) is 5.20. The number of nitrogens with one attached hydrogen (secondary N) is 1. The van der Waals surface area contributed by atoms with Gasteiger partial charge < -0.3 is 14.1 Å². The lowest BCUT2D eigenvalue weighted by Crippen LogP contribution is -2.16. The fourth-order valence-electron chi connectivity index (χ4n) is 2.79. The van der Waals surface area contributed by atoms with E-state index >= 15 is 0 Å². The van der Waals surface area contributed by atoms with Crippen molar-refractivity contribution in [3.63, 3.8) is 0 Å². The Labute approximate surface area is 173 Å². The van der Waals surface area contributed by atoms with Crippen molar-refractivity contribution in [2.75, 3.05) is 7.11 Å². The van der Waals surface area contributed by atoms with Crippen molar-refractivity contribution >= 4 is 40.1 Å². The van der Waals surface area contributed by atoms with Crippen molar-refractivity contribution in [3.05, 3.63) is 56.6 Å². The van der Waals surface area contributed by atoms with Crippen molar-refractivity contribution in [3.8, 4) is 10.8 Å². The molecule has 1 N–H and O–H groups in total. The zero-order valence-corrected chi connectivity index (χ0v) is 17.4. The van der Waals surface area contributed by atoms with Crippen LogP contribution in [0.15, 0.2) is 37.9 Å². The predicted molar refractivity (Wildman–Crippen MR) is 110 cm³/mol. The summed E-state index contributed by atoms with van der Waals surface area (Å²) in [6.07, 6.45) is 0. The number of rotatable bonds is 5. The number of aryl methyl sites for hydroxylation is 2. The van der Waals surface area contributed by atoms with Gasteiger partial charge in [-0.25, -0.2) is 19.7 Å². The number of aromatic amines is 1. The number of aromatic nitrogens is 4. The molecule has 4 aromatic heterocycles. The Morgan fingerprint density at radius 2 is 2.14 bits per heavy atom. The summed E-state index contributed by atoms with van der Waals surface area (Å²) in [5.74, 6) is 1.15. The zero-order chi connectivity index (χ0) is 20.5. The van der Waals surface area contributed by atoms with Crippen molar-refractivity contribution in [1.29, 1.82) is 0 Å². The number of carbonyl (C=O) groups is 1. The van der Waals surface area contributed by atoms with Gasteiger partial charge in [0, 0.05) is 11.4 Å². The number of methoxy groups -OCH3 is 1. The van der Waals surface area contributed by atoms with Crippen molar-refractivity contribution < 1.29 is 13.9 Å².